The van der Waals surface area contributed by atoms with E-state index in [9.17, 15) is 9.59 Å². The molecule has 0 spiro atoms. The predicted molar refractivity (Wildman–Crippen MR) is 71.3 cm³/mol. The number of hydrogen-bond acceptors (Lipinski definition) is 6. The number of hydrogen-bond donors (Lipinski definition) is 1. The van der Waals surface area contributed by atoms with Crippen molar-refractivity contribution in [3.63, 3.8) is 0 Å². The van der Waals surface area contributed by atoms with Crippen LogP contribution in [0, 0.1) is 0 Å². The minimum Gasteiger partial charge on any atom is -0.309 e. The van der Waals surface area contributed by atoms with E-state index in [1.54, 1.807) is 0 Å². The maximum absolute atomic E-state index is 10.2. The second kappa shape index (κ2) is 10.4. The van der Waals surface area contributed by atoms with Crippen molar-refractivity contribution in [2.45, 2.75) is 26.2 Å². The Morgan fingerprint density at radius 2 is 1.84 bits per heavy atom. The first-order valence-electron chi connectivity index (χ1n) is 6.26. The Labute approximate surface area is 113 Å². The molecule has 0 aromatic heterocycles. The van der Waals surface area contributed by atoms with E-state index < -0.39 is 11.8 Å². The molecule has 0 aliphatic carbocycles. The second-order valence-corrected chi connectivity index (χ2v) is 4.21. The quantitative estimate of drug-likeness (QED) is 0.344. The SMILES string of the molecule is CCN=C=NCCCN(C)C.O=C1CCC(=O)N1O. The number of imide groups is 1. The molecule has 0 saturated carbocycles. The van der Waals surface area contributed by atoms with Gasteiger partial charge < -0.3 is 4.90 Å². The van der Waals surface area contributed by atoms with E-state index in [1.165, 1.54) is 0 Å². The Morgan fingerprint density at radius 1 is 1.26 bits per heavy atom. The van der Waals surface area contributed by atoms with Gasteiger partial charge in [-0.15, -0.1) is 0 Å². The molecule has 1 saturated heterocycles. The van der Waals surface area contributed by atoms with E-state index in [0.29, 0.717) is 0 Å². The van der Waals surface area contributed by atoms with Gasteiger partial charge >= 0.3 is 0 Å². The van der Waals surface area contributed by atoms with Gasteiger partial charge in [0.05, 0.1) is 12.6 Å². The summed E-state index contributed by atoms with van der Waals surface area (Å²) in [5.41, 5.74) is 0. The largest absolute Gasteiger partial charge is 0.309 e. The molecule has 1 aliphatic rings. The molecule has 0 radical (unpaired) electrons. The van der Waals surface area contributed by atoms with Gasteiger partial charge in [-0.2, -0.15) is 5.06 Å². The average Bonchev–Trinajstić information content (AvgIpc) is 2.65. The number of rotatable bonds is 5. The first-order chi connectivity index (χ1) is 8.99. The lowest BCUT2D eigenvalue weighted by atomic mass is 10.4. The first-order valence-corrected chi connectivity index (χ1v) is 6.26. The van der Waals surface area contributed by atoms with Crippen molar-refractivity contribution >= 4 is 17.8 Å². The molecule has 108 valence electrons. The van der Waals surface area contributed by atoms with Gasteiger partial charge in [-0.3, -0.25) is 14.8 Å². The van der Waals surface area contributed by atoms with E-state index in [1.807, 2.05) is 6.92 Å². The highest BCUT2D eigenvalue weighted by atomic mass is 16.5. The lowest BCUT2D eigenvalue weighted by Gasteiger charge is -2.05. The van der Waals surface area contributed by atoms with Gasteiger partial charge in [0, 0.05) is 19.4 Å². The fraction of sp³-hybridized carbons (Fsp3) is 0.750. The lowest BCUT2D eigenvalue weighted by molar-refractivity contribution is -0.171. The molecule has 0 atom stereocenters. The van der Waals surface area contributed by atoms with Gasteiger partial charge in [-0.25, -0.2) is 9.98 Å². The third kappa shape index (κ3) is 9.07. The summed E-state index contributed by atoms with van der Waals surface area (Å²) in [6.45, 7) is 4.67. The van der Waals surface area contributed by atoms with Gasteiger partial charge in [0.25, 0.3) is 11.8 Å². The molecule has 19 heavy (non-hydrogen) atoms. The molecule has 1 heterocycles. The van der Waals surface area contributed by atoms with E-state index in [4.69, 9.17) is 5.21 Å². The summed E-state index contributed by atoms with van der Waals surface area (Å²) in [5, 5.41) is 8.57. The molecular formula is C12H22N4O3. The van der Waals surface area contributed by atoms with Crippen molar-refractivity contribution in [3.05, 3.63) is 0 Å². The predicted octanol–water partition coefficient (Wildman–Crippen LogP) is 0.657. The number of carbonyl (C=O) groups is 2. The number of amides is 2. The summed E-state index contributed by atoms with van der Waals surface area (Å²) in [7, 11) is 4.12. The lowest BCUT2D eigenvalue weighted by Crippen LogP contribution is -2.24. The molecule has 2 amide bonds. The van der Waals surface area contributed by atoms with Crippen LogP contribution in [0.5, 0.6) is 0 Å². The van der Waals surface area contributed by atoms with Crippen molar-refractivity contribution in [1.82, 2.24) is 9.96 Å². The molecule has 0 aromatic carbocycles. The van der Waals surface area contributed by atoms with Gasteiger partial charge in [0.2, 0.25) is 0 Å². The fourth-order valence-electron chi connectivity index (χ4n) is 1.20. The normalized spacial score (nSPS) is 14.1. The van der Waals surface area contributed by atoms with Gasteiger partial charge in [0.15, 0.2) is 0 Å². The molecule has 7 heteroatoms. The standard InChI is InChI=1S/C8H17N3.C4H5NO3/c1-4-9-8-10-6-5-7-11(2)3;6-3-1-2-4(7)5(3)8/h4-7H2,1-3H3;8H,1-2H2. The zero-order chi connectivity index (χ0) is 14.7. The highest BCUT2D eigenvalue weighted by Crippen LogP contribution is 2.07. The van der Waals surface area contributed by atoms with E-state index in [2.05, 4.69) is 35.0 Å². The topological polar surface area (TPSA) is 85.6 Å². The molecular weight excluding hydrogens is 248 g/mol. The molecule has 0 unspecified atom stereocenters. The summed E-state index contributed by atoms with van der Waals surface area (Å²) >= 11 is 0. The van der Waals surface area contributed by atoms with Crippen LogP contribution in [0.1, 0.15) is 26.2 Å². The van der Waals surface area contributed by atoms with Crippen LogP contribution < -0.4 is 0 Å². The van der Waals surface area contributed by atoms with Crippen LogP contribution in [0.3, 0.4) is 0 Å². The van der Waals surface area contributed by atoms with Crippen LogP contribution in [0.4, 0.5) is 0 Å². The van der Waals surface area contributed by atoms with E-state index >= 15 is 0 Å². The summed E-state index contributed by atoms with van der Waals surface area (Å²) in [6, 6.07) is 2.64. The van der Waals surface area contributed by atoms with Crippen LogP contribution in [0.2, 0.25) is 0 Å². The average molecular weight is 270 g/mol. The Kier molecular flexibility index (Phi) is 9.52. The second-order valence-electron chi connectivity index (χ2n) is 4.21. The van der Waals surface area contributed by atoms with Crippen molar-refractivity contribution in [2.24, 2.45) is 9.98 Å². The monoisotopic (exact) mass is 270 g/mol. The highest BCUT2D eigenvalue weighted by molar-refractivity contribution is 6.00. The zero-order valence-corrected chi connectivity index (χ0v) is 11.8. The smallest absolute Gasteiger partial charge is 0.253 e. The van der Waals surface area contributed by atoms with Gasteiger partial charge in [0.1, 0.15) is 0 Å². The molecule has 0 aromatic rings. The van der Waals surface area contributed by atoms with E-state index in [-0.39, 0.29) is 17.9 Å². The van der Waals surface area contributed by atoms with Crippen LogP contribution in [-0.4, -0.2) is 66.7 Å². The molecule has 0 bridgehead atoms. The fourth-order valence-corrected chi connectivity index (χ4v) is 1.20. The third-order valence-corrected chi connectivity index (χ3v) is 2.20. The number of nitrogens with zero attached hydrogens (tertiary/aromatic N) is 4. The Bertz CT molecular complexity index is 333. The Hall–Kier alpha value is -1.56. The Morgan fingerprint density at radius 3 is 2.21 bits per heavy atom. The summed E-state index contributed by atoms with van der Waals surface area (Å²) in [6.07, 6.45) is 1.38. The maximum atomic E-state index is 10.2. The summed E-state index contributed by atoms with van der Waals surface area (Å²) in [5.74, 6) is -1.01. The number of hydroxylamine groups is 2. The van der Waals surface area contributed by atoms with Crippen LogP contribution in [0.25, 0.3) is 0 Å². The summed E-state index contributed by atoms with van der Waals surface area (Å²) < 4.78 is 0. The molecule has 1 aliphatic heterocycles. The van der Waals surface area contributed by atoms with Gasteiger partial charge in [-0.05, 0) is 34.0 Å². The molecule has 7 nitrogen and oxygen atoms in total. The summed E-state index contributed by atoms with van der Waals surface area (Å²) in [4.78, 5) is 30.5. The van der Waals surface area contributed by atoms with Crippen molar-refractivity contribution in [1.29, 1.82) is 0 Å². The minimum atomic E-state index is -0.505. The molecule has 1 rings (SSSR count). The van der Waals surface area contributed by atoms with Crippen LogP contribution in [-0.2, 0) is 9.59 Å². The zero-order valence-electron chi connectivity index (χ0n) is 11.8. The van der Waals surface area contributed by atoms with Crippen molar-refractivity contribution in [3.8, 4) is 0 Å². The first kappa shape index (κ1) is 17.4. The van der Waals surface area contributed by atoms with E-state index in [0.717, 1.165) is 26.1 Å². The van der Waals surface area contributed by atoms with Crippen LogP contribution >= 0.6 is 0 Å². The van der Waals surface area contributed by atoms with Gasteiger partial charge in [-0.1, -0.05) is 0 Å². The number of carbonyl (C=O) groups excluding carboxylic acids is 2. The van der Waals surface area contributed by atoms with Crippen LogP contribution in [0.15, 0.2) is 9.98 Å². The maximum Gasteiger partial charge on any atom is 0.253 e. The number of aliphatic imine (C=N–C) groups is 2. The molecule has 1 fully saturated rings. The molecule has 1 N–H and O–H groups in total. The highest BCUT2D eigenvalue weighted by Gasteiger charge is 2.26. The minimum absolute atomic E-state index is 0.148. The Balaban J connectivity index is 0.000000356. The van der Waals surface area contributed by atoms with Crippen molar-refractivity contribution < 1.29 is 14.8 Å². The third-order valence-electron chi connectivity index (χ3n) is 2.20. The van der Waals surface area contributed by atoms with Crippen molar-refractivity contribution in [2.75, 3.05) is 33.7 Å².